The van der Waals surface area contributed by atoms with E-state index < -0.39 is 5.91 Å². The molecule has 5 nitrogen and oxygen atoms in total. The fourth-order valence-electron chi connectivity index (χ4n) is 2.28. The summed E-state index contributed by atoms with van der Waals surface area (Å²) in [6, 6.07) is 12.2. The van der Waals surface area contributed by atoms with Crippen molar-refractivity contribution in [3.05, 3.63) is 58.7 Å². The van der Waals surface area contributed by atoms with Crippen LogP contribution < -0.4 is 10.1 Å². The number of nitrogens with one attached hydrogen (secondary N) is 1. The second-order valence-corrected chi connectivity index (χ2v) is 5.53. The fourth-order valence-corrected chi connectivity index (χ4v) is 2.28. The maximum absolute atomic E-state index is 12.4. The van der Waals surface area contributed by atoms with Crippen molar-refractivity contribution >= 4 is 17.7 Å². The van der Waals surface area contributed by atoms with Gasteiger partial charge in [0.15, 0.2) is 11.5 Å². The number of carbonyl (C=O) groups is 1. The molecule has 0 bridgehead atoms. The van der Waals surface area contributed by atoms with Crippen molar-refractivity contribution < 1.29 is 14.6 Å². The number of rotatable bonds is 5. The van der Waals surface area contributed by atoms with Crippen LogP contribution in [-0.2, 0) is 4.79 Å². The number of ether oxygens (including phenoxy) is 1. The van der Waals surface area contributed by atoms with E-state index in [9.17, 15) is 15.2 Å². The molecule has 1 amide bonds. The van der Waals surface area contributed by atoms with E-state index in [2.05, 4.69) is 5.32 Å². The molecule has 0 saturated heterocycles. The third kappa shape index (κ3) is 4.39. The monoisotopic (exact) mass is 336 g/mol. The number of hydrogen-bond acceptors (Lipinski definition) is 4. The van der Waals surface area contributed by atoms with E-state index in [1.807, 2.05) is 32.0 Å². The molecule has 0 fully saturated rings. The highest BCUT2D eigenvalue weighted by Crippen LogP contribution is 2.28. The van der Waals surface area contributed by atoms with Gasteiger partial charge in [-0.05, 0) is 61.7 Å². The second-order valence-electron chi connectivity index (χ2n) is 5.53. The Balaban J connectivity index is 2.28. The van der Waals surface area contributed by atoms with E-state index in [1.54, 1.807) is 25.1 Å². The molecule has 0 aliphatic heterocycles. The summed E-state index contributed by atoms with van der Waals surface area (Å²) in [6.45, 7) is 6.08. The van der Waals surface area contributed by atoms with Gasteiger partial charge >= 0.3 is 0 Å². The smallest absolute Gasteiger partial charge is 0.266 e. The molecule has 0 atom stereocenters. The quantitative estimate of drug-likeness (QED) is 0.640. The highest BCUT2D eigenvalue weighted by Gasteiger charge is 2.12. The largest absolute Gasteiger partial charge is 0.504 e. The van der Waals surface area contributed by atoms with E-state index in [1.165, 1.54) is 12.1 Å². The van der Waals surface area contributed by atoms with Gasteiger partial charge in [0.2, 0.25) is 0 Å². The van der Waals surface area contributed by atoms with Crippen LogP contribution in [0.4, 0.5) is 5.69 Å². The van der Waals surface area contributed by atoms with Gasteiger partial charge in [-0.1, -0.05) is 18.2 Å². The van der Waals surface area contributed by atoms with Gasteiger partial charge in [-0.3, -0.25) is 4.79 Å². The molecule has 5 heteroatoms. The summed E-state index contributed by atoms with van der Waals surface area (Å²) in [5.41, 5.74) is 3.24. The molecule has 0 radical (unpaired) electrons. The number of nitrogens with zero attached hydrogens (tertiary/aromatic N) is 1. The van der Waals surface area contributed by atoms with E-state index in [0.717, 1.165) is 11.1 Å². The highest BCUT2D eigenvalue weighted by molar-refractivity contribution is 6.10. The van der Waals surface area contributed by atoms with Crippen molar-refractivity contribution in [2.45, 2.75) is 20.8 Å². The van der Waals surface area contributed by atoms with Gasteiger partial charge in [-0.25, -0.2) is 0 Å². The Morgan fingerprint density at radius 1 is 1.32 bits per heavy atom. The molecule has 2 aromatic carbocycles. The first kappa shape index (κ1) is 18.1. The minimum atomic E-state index is -0.484. The number of hydrogen-bond donors (Lipinski definition) is 2. The van der Waals surface area contributed by atoms with Crippen molar-refractivity contribution in [2.75, 3.05) is 11.9 Å². The summed E-state index contributed by atoms with van der Waals surface area (Å²) in [5, 5.41) is 21.8. The normalized spacial score (nSPS) is 10.9. The molecule has 0 saturated carbocycles. The summed E-state index contributed by atoms with van der Waals surface area (Å²) in [4.78, 5) is 12.4. The number of aryl methyl sites for hydroxylation is 1. The molecule has 0 unspecified atom stereocenters. The maximum Gasteiger partial charge on any atom is 0.266 e. The molecular weight excluding hydrogens is 316 g/mol. The average molecular weight is 336 g/mol. The van der Waals surface area contributed by atoms with Crippen LogP contribution in [0.1, 0.15) is 23.6 Å². The average Bonchev–Trinajstić information content (AvgIpc) is 2.59. The van der Waals surface area contributed by atoms with Crippen molar-refractivity contribution in [2.24, 2.45) is 0 Å². The van der Waals surface area contributed by atoms with Gasteiger partial charge in [0, 0.05) is 5.69 Å². The molecule has 128 valence electrons. The van der Waals surface area contributed by atoms with Crippen LogP contribution >= 0.6 is 0 Å². The number of anilines is 1. The fraction of sp³-hybridized carbons (Fsp3) is 0.200. The van der Waals surface area contributed by atoms with Gasteiger partial charge in [0.1, 0.15) is 11.6 Å². The first-order valence-corrected chi connectivity index (χ1v) is 7.91. The lowest BCUT2D eigenvalue weighted by molar-refractivity contribution is -0.112. The molecule has 0 heterocycles. The van der Waals surface area contributed by atoms with Gasteiger partial charge < -0.3 is 15.2 Å². The van der Waals surface area contributed by atoms with Crippen LogP contribution in [0.3, 0.4) is 0 Å². The van der Waals surface area contributed by atoms with Gasteiger partial charge in [0.05, 0.1) is 6.61 Å². The molecule has 0 spiro atoms. The lowest BCUT2D eigenvalue weighted by atomic mass is 10.1. The molecule has 2 rings (SSSR count). The Hall–Kier alpha value is -3.26. The predicted octanol–water partition coefficient (Wildman–Crippen LogP) is 3.95. The first-order valence-electron chi connectivity index (χ1n) is 7.91. The standard InChI is InChI=1S/C20H20N2O3/c1-4-25-19-11-15(8-9-18(19)23)10-16(12-21)20(24)22-17-7-5-6-13(2)14(17)3/h5-11,23H,4H2,1-3H3,(H,22,24)/b16-10-. The Kier molecular flexibility index (Phi) is 5.80. The van der Waals surface area contributed by atoms with E-state index in [4.69, 9.17) is 4.74 Å². The van der Waals surface area contributed by atoms with Crippen LogP contribution in [0.5, 0.6) is 11.5 Å². The molecular formula is C20H20N2O3. The van der Waals surface area contributed by atoms with Crippen LogP contribution in [0.2, 0.25) is 0 Å². The lowest BCUT2D eigenvalue weighted by Gasteiger charge is -2.10. The van der Waals surface area contributed by atoms with E-state index in [-0.39, 0.29) is 11.3 Å². The molecule has 2 N–H and O–H groups in total. The van der Waals surface area contributed by atoms with Crippen LogP contribution in [0.25, 0.3) is 6.08 Å². The SMILES string of the molecule is CCOc1cc(/C=C(/C#N)C(=O)Nc2cccc(C)c2C)ccc1O. The Bertz CT molecular complexity index is 864. The third-order valence-corrected chi connectivity index (χ3v) is 3.81. The third-order valence-electron chi connectivity index (χ3n) is 3.81. The second kappa shape index (κ2) is 8.02. The minimum absolute atomic E-state index is 0.0114. The van der Waals surface area contributed by atoms with Crippen molar-refractivity contribution in [3.8, 4) is 17.6 Å². The first-order chi connectivity index (χ1) is 12.0. The number of amides is 1. The Labute approximate surface area is 147 Å². The number of aromatic hydroxyl groups is 1. The summed E-state index contributed by atoms with van der Waals surface area (Å²) in [7, 11) is 0. The van der Waals surface area contributed by atoms with Gasteiger partial charge in [-0.15, -0.1) is 0 Å². The molecule has 0 aliphatic rings. The summed E-state index contributed by atoms with van der Waals surface area (Å²) >= 11 is 0. The molecule has 2 aromatic rings. The molecule has 25 heavy (non-hydrogen) atoms. The predicted molar refractivity (Wildman–Crippen MR) is 97.4 cm³/mol. The summed E-state index contributed by atoms with van der Waals surface area (Å²) in [5.74, 6) is -0.164. The number of phenolic OH excluding ortho intramolecular Hbond substituents is 1. The molecule has 0 aromatic heterocycles. The zero-order valence-electron chi connectivity index (χ0n) is 14.5. The Morgan fingerprint density at radius 2 is 2.08 bits per heavy atom. The van der Waals surface area contributed by atoms with E-state index in [0.29, 0.717) is 23.6 Å². The van der Waals surface area contributed by atoms with Crippen molar-refractivity contribution in [1.82, 2.24) is 0 Å². The van der Waals surface area contributed by atoms with Crippen molar-refractivity contribution in [3.63, 3.8) is 0 Å². The molecule has 0 aliphatic carbocycles. The number of phenols is 1. The zero-order chi connectivity index (χ0) is 18.4. The number of benzene rings is 2. The van der Waals surface area contributed by atoms with Crippen molar-refractivity contribution in [1.29, 1.82) is 5.26 Å². The maximum atomic E-state index is 12.4. The Morgan fingerprint density at radius 3 is 2.76 bits per heavy atom. The van der Waals surface area contributed by atoms with Crippen LogP contribution in [0, 0.1) is 25.2 Å². The summed E-state index contributed by atoms with van der Waals surface area (Å²) in [6.07, 6.45) is 1.46. The number of carbonyl (C=O) groups excluding carboxylic acids is 1. The van der Waals surface area contributed by atoms with Crippen LogP contribution in [-0.4, -0.2) is 17.6 Å². The highest BCUT2D eigenvalue weighted by atomic mass is 16.5. The van der Waals surface area contributed by atoms with Crippen LogP contribution in [0.15, 0.2) is 42.0 Å². The van der Waals surface area contributed by atoms with E-state index >= 15 is 0 Å². The van der Waals surface area contributed by atoms with Gasteiger partial charge in [-0.2, -0.15) is 5.26 Å². The zero-order valence-corrected chi connectivity index (χ0v) is 14.5. The van der Waals surface area contributed by atoms with Gasteiger partial charge in [0.25, 0.3) is 5.91 Å². The topological polar surface area (TPSA) is 82.3 Å². The number of nitriles is 1. The summed E-state index contributed by atoms with van der Waals surface area (Å²) < 4.78 is 5.31. The lowest BCUT2D eigenvalue weighted by Crippen LogP contribution is -2.14. The minimum Gasteiger partial charge on any atom is -0.504 e.